The van der Waals surface area contributed by atoms with Crippen molar-refractivity contribution in [3.05, 3.63) is 75.3 Å². The van der Waals surface area contributed by atoms with Gasteiger partial charge in [0.05, 0.1) is 29.9 Å². The van der Waals surface area contributed by atoms with Crippen LogP contribution in [0.1, 0.15) is 16.1 Å². The van der Waals surface area contributed by atoms with Gasteiger partial charge in [-0.05, 0) is 36.4 Å². The number of hydrogen-bond donors (Lipinski definition) is 1. The summed E-state index contributed by atoms with van der Waals surface area (Å²) in [4.78, 5) is 27.9. The van der Waals surface area contributed by atoms with Crippen LogP contribution in [-0.4, -0.2) is 22.5 Å². The molecule has 0 aliphatic carbocycles. The molecule has 7 heteroatoms. The Morgan fingerprint density at radius 1 is 1.25 bits per heavy atom. The van der Waals surface area contributed by atoms with E-state index in [4.69, 9.17) is 11.6 Å². The van der Waals surface area contributed by atoms with Crippen molar-refractivity contribution >= 4 is 28.9 Å². The highest BCUT2D eigenvalue weighted by Gasteiger charge is 2.05. The lowest BCUT2D eigenvalue weighted by molar-refractivity contribution is 0.0601. The number of anilines is 1. The third-order valence-corrected chi connectivity index (χ3v) is 3.68. The second kappa shape index (κ2) is 6.72. The van der Waals surface area contributed by atoms with E-state index in [1.807, 2.05) is 0 Å². The Kier molecular flexibility index (Phi) is 4.48. The van der Waals surface area contributed by atoms with Gasteiger partial charge in [-0.3, -0.25) is 9.20 Å². The second-order valence-electron chi connectivity index (χ2n) is 5.08. The summed E-state index contributed by atoms with van der Waals surface area (Å²) >= 11 is 5.88. The van der Waals surface area contributed by atoms with E-state index in [2.05, 4.69) is 15.0 Å². The van der Waals surface area contributed by atoms with Crippen molar-refractivity contribution in [1.82, 2.24) is 9.38 Å². The van der Waals surface area contributed by atoms with Crippen LogP contribution in [-0.2, 0) is 11.3 Å². The van der Waals surface area contributed by atoms with Gasteiger partial charge in [-0.1, -0.05) is 11.6 Å². The molecule has 122 valence electrons. The number of fused-ring (bicyclic) bond motifs is 1. The number of carbonyl (C=O) groups excluding carboxylic acids is 1. The highest BCUT2D eigenvalue weighted by atomic mass is 35.5. The molecule has 24 heavy (non-hydrogen) atoms. The highest BCUT2D eigenvalue weighted by Crippen LogP contribution is 2.12. The van der Waals surface area contributed by atoms with Gasteiger partial charge in [0.25, 0.3) is 5.56 Å². The molecule has 0 spiro atoms. The summed E-state index contributed by atoms with van der Waals surface area (Å²) in [5.41, 5.74) is 2.23. The average molecular weight is 344 g/mol. The summed E-state index contributed by atoms with van der Waals surface area (Å²) in [6.07, 6.45) is 1.54. The predicted molar refractivity (Wildman–Crippen MR) is 91.6 cm³/mol. The van der Waals surface area contributed by atoms with Gasteiger partial charge in [-0.2, -0.15) is 0 Å². The molecule has 0 fully saturated rings. The number of halogens is 1. The standard InChI is InChI=1S/C17H14ClN3O3/c1-24-17(23)11-2-5-13(6-3-11)19-9-14-8-16(22)21-10-12(18)4-7-15(21)20-14/h2-8,10,19H,9H2,1H3. The van der Waals surface area contributed by atoms with E-state index in [9.17, 15) is 9.59 Å². The highest BCUT2D eigenvalue weighted by molar-refractivity contribution is 6.30. The lowest BCUT2D eigenvalue weighted by Gasteiger charge is -2.08. The van der Waals surface area contributed by atoms with Crippen molar-refractivity contribution in [2.24, 2.45) is 0 Å². The van der Waals surface area contributed by atoms with Crippen LogP contribution >= 0.6 is 11.6 Å². The van der Waals surface area contributed by atoms with Crippen LogP contribution in [0.2, 0.25) is 5.02 Å². The number of rotatable bonds is 4. The van der Waals surface area contributed by atoms with Crippen LogP contribution in [0.25, 0.3) is 5.65 Å². The molecule has 0 saturated heterocycles. The van der Waals surface area contributed by atoms with E-state index >= 15 is 0 Å². The molecule has 3 rings (SSSR count). The molecule has 2 heterocycles. The molecular weight excluding hydrogens is 330 g/mol. The van der Waals surface area contributed by atoms with Gasteiger partial charge in [0.2, 0.25) is 0 Å². The van der Waals surface area contributed by atoms with Crippen LogP contribution in [0.3, 0.4) is 0 Å². The largest absolute Gasteiger partial charge is 0.465 e. The molecule has 1 aromatic carbocycles. The predicted octanol–water partition coefficient (Wildman–Crippen LogP) is 2.75. The zero-order chi connectivity index (χ0) is 17.1. The van der Waals surface area contributed by atoms with Crippen molar-refractivity contribution in [3.63, 3.8) is 0 Å². The zero-order valence-electron chi connectivity index (χ0n) is 12.8. The SMILES string of the molecule is COC(=O)c1ccc(NCc2cc(=O)n3cc(Cl)ccc3n2)cc1. The number of esters is 1. The molecule has 2 aromatic heterocycles. The zero-order valence-corrected chi connectivity index (χ0v) is 13.6. The van der Waals surface area contributed by atoms with Gasteiger partial charge in [-0.25, -0.2) is 9.78 Å². The van der Waals surface area contributed by atoms with Gasteiger partial charge in [0, 0.05) is 18.0 Å². The molecule has 0 aliphatic rings. The fourth-order valence-electron chi connectivity index (χ4n) is 2.25. The topological polar surface area (TPSA) is 72.7 Å². The average Bonchev–Trinajstić information content (AvgIpc) is 2.60. The van der Waals surface area contributed by atoms with E-state index in [1.54, 1.807) is 36.4 Å². The minimum atomic E-state index is -0.385. The Hall–Kier alpha value is -2.86. The third-order valence-electron chi connectivity index (χ3n) is 3.46. The fraction of sp³-hybridized carbons (Fsp3) is 0.118. The molecule has 0 aliphatic heterocycles. The molecule has 1 N–H and O–H groups in total. The quantitative estimate of drug-likeness (QED) is 0.737. The minimum absolute atomic E-state index is 0.194. The van der Waals surface area contributed by atoms with Crippen molar-refractivity contribution in [1.29, 1.82) is 0 Å². The van der Waals surface area contributed by atoms with Crippen molar-refractivity contribution in [2.45, 2.75) is 6.54 Å². The van der Waals surface area contributed by atoms with E-state index in [0.29, 0.717) is 28.5 Å². The first-order valence-corrected chi connectivity index (χ1v) is 7.55. The first kappa shape index (κ1) is 16.0. The molecule has 0 amide bonds. The summed E-state index contributed by atoms with van der Waals surface area (Å²) < 4.78 is 6.05. The maximum Gasteiger partial charge on any atom is 0.337 e. The Morgan fingerprint density at radius 3 is 2.71 bits per heavy atom. The van der Waals surface area contributed by atoms with E-state index in [1.165, 1.54) is 23.8 Å². The molecule has 0 bridgehead atoms. The summed E-state index contributed by atoms with van der Waals surface area (Å²) in [5, 5.41) is 3.63. The van der Waals surface area contributed by atoms with Gasteiger partial charge in [0.1, 0.15) is 5.65 Å². The first-order chi connectivity index (χ1) is 11.6. The van der Waals surface area contributed by atoms with Crippen LogP contribution in [0.5, 0.6) is 0 Å². The maximum absolute atomic E-state index is 12.1. The van der Waals surface area contributed by atoms with Crippen LogP contribution in [0.4, 0.5) is 5.69 Å². The lowest BCUT2D eigenvalue weighted by Crippen LogP contribution is -2.16. The van der Waals surface area contributed by atoms with Crippen molar-refractivity contribution in [3.8, 4) is 0 Å². The van der Waals surface area contributed by atoms with E-state index in [0.717, 1.165) is 5.69 Å². The van der Waals surface area contributed by atoms with Crippen LogP contribution in [0.15, 0.2) is 53.5 Å². The van der Waals surface area contributed by atoms with Gasteiger partial charge < -0.3 is 10.1 Å². The number of pyridine rings is 1. The van der Waals surface area contributed by atoms with Gasteiger partial charge >= 0.3 is 5.97 Å². The molecule has 0 unspecified atom stereocenters. The Balaban J connectivity index is 1.77. The van der Waals surface area contributed by atoms with E-state index < -0.39 is 0 Å². The molecule has 0 saturated carbocycles. The third kappa shape index (κ3) is 3.38. The van der Waals surface area contributed by atoms with Gasteiger partial charge in [-0.15, -0.1) is 0 Å². The fourth-order valence-corrected chi connectivity index (χ4v) is 2.41. The normalized spacial score (nSPS) is 10.6. The number of aromatic nitrogens is 2. The Bertz CT molecular complexity index is 951. The van der Waals surface area contributed by atoms with Gasteiger partial charge in [0.15, 0.2) is 0 Å². The summed E-state index contributed by atoms with van der Waals surface area (Å²) in [7, 11) is 1.34. The molecular formula is C17H14ClN3O3. The van der Waals surface area contributed by atoms with Crippen LogP contribution in [0, 0.1) is 0 Å². The number of carbonyl (C=O) groups is 1. The second-order valence-corrected chi connectivity index (χ2v) is 5.52. The van der Waals surface area contributed by atoms with E-state index in [-0.39, 0.29) is 11.5 Å². The molecule has 0 atom stereocenters. The number of hydrogen-bond acceptors (Lipinski definition) is 5. The minimum Gasteiger partial charge on any atom is -0.465 e. The lowest BCUT2D eigenvalue weighted by atomic mass is 10.2. The number of ether oxygens (including phenoxy) is 1. The number of nitrogens with one attached hydrogen (secondary N) is 1. The number of methoxy groups -OCH3 is 1. The summed E-state index contributed by atoms with van der Waals surface area (Å²) in [5.74, 6) is -0.385. The molecule has 3 aromatic rings. The first-order valence-electron chi connectivity index (χ1n) is 7.17. The smallest absolute Gasteiger partial charge is 0.337 e. The van der Waals surface area contributed by atoms with Crippen molar-refractivity contribution < 1.29 is 9.53 Å². The summed E-state index contributed by atoms with van der Waals surface area (Å²) in [6, 6.07) is 11.7. The number of benzene rings is 1. The number of nitrogens with zero attached hydrogens (tertiary/aromatic N) is 2. The molecule has 6 nitrogen and oxygen atoms in total. The Morgan fingerprint density at radius 2 is 2.00 bits per heavy atom. The molecule has 0 radical (unpaired) electrons. The van der Waals surface area contributed by atoms with Crippen molar-refractivity contribution in [2.75, 3.05) is 12.4 Å². The monoisotopic (exact) mass is 343 g/mol. The summed E-state index contributed by atoms with van der Waals surface area (Å²) in [6.45, 7) is 0.381. The van der Waals surface area contributed by atoms with Crippen LogP contribution < -0.4 is 10.9 Å². The Labute approximate surface area is 142 Å². The maximum atomic E-state index is 12.1.